The van der Waals surface area contributed by atoms with Crippen LogP contribution in [0.4, 0.5) is 0 Å². The van der Waals surface area contributed by atoms with E-state index < -0.39 is 6.10 Å². The van der Waals surface area contributed by atoms with E-state index in [0.717, 1.165) is 21.3 Å². The van der Waals surface area contributed by atoms with Gasteiger partial charge in [-0.15, -0.1) is 0 Å². The average Bonchev–Trinajstić information content (AvgIpc) is 2.77. The maximum absolute atomic E-state index is 10.2. The number of halogens is 1. The summed E-state index contributed by atoms with van der Waals surface area (Å²) in [6.07, 6.45) is 3.61. The molecule has 0 bridgehead atoms. The van der Waals surface area contributed by atoms with Crippen LogP contribution >= 0.6 is 15.9 Å². The van der Waals surface area contributed by atoms with Crippen LogP contribution < -0.4 is 4.74 Å². The molecule has 2 heterocycles. The van der Waals surface area contributed by atoms with Gasteiger partial charge in [0.2, 0.25) is 0 Å². The first-order chi connectivity index (χ1) is 8.63. The van der Waals surface area contributed by atoms with Crippen molar-refractivity contribution in [3.8, 4) is 5.75 Å². The molecule has 0 amide bonds. The molecule has 0 aliphatic carbocycles. The van der Waals surface area contributed by atoms with Gasteiger partial charge in [0, 0.05) is 35.3 Å². The third kappa shape index (κ3) is 2.04. The molecule has 0 spiro atoms. The van der Waals surface area contributed by atoms with Crippen LogP contribution in [0.15, 0.2) is 35.1 Å². The first-order valence-corrected chi connectivity index (χ1v) is 6.55. The highest BCUT2D eigenvalue weighted by molar-refractivity contribution is 9.10. The van der Waals surface area contributed by atoms with E-state index >= 15 is 0 Å². The molecular formula is C13H13BrN2O2. The molecule has 2 atom stereocenters. The van der Waals surface area contributed by atoms with E-state index in [1.807, 2.05) is 31.4 Å². The first kappa shape index (κ1) is 11.7. The number of hydrogen-bond acceptors (Lipinski definition) is 3. The Kier molecular flexibility index (Phi) is 2.87. The minimum atomic E-state index is -0.503. The van der Waals surface area contributed by atoms with Crippen molar-refractivity contribution in [1.29, 1.82) is 0 Å². The molecule has 2 aromatic rings. The lowest BCUT2D eigenvalue weighted by molar-refractivity contribution is 0.0656. The summed E-state index contributed by atoms with van der Waals surface area (Å²) in [7, 11) is 1.87. The number of aryl methyl sites for hydroxylation is 1. The standard InChI is InChI=1S/C13H13BrN2O2/c1-16-7-8(6-15-16)13-5-11(17)10-4-9(14)2-3-12(10)18-13/h2-4,6-7,11,13,17H,5H2,1H3/t11-,13?/m1/s1. The number of aromatic nitrogens is 2. The van der Waals surface area contributed by atoms with Crippen LogP contribution in [0.1, 0.15) is 29.8 Å². The van der Waals surface area contributed by atoms with Gasteiger partial charge in [-0.3, -0.25) is 4.68 Å². The molecule has 0 saturated heterocycles. The second-order valence-corrected chi connectivity index (χ2v) is 5.40. The van der Waals surface area contributed by atoms with Gasteiger partial charge in [-0.05, 0) is 18.2 Å². The van der Waals surface area contributed by atoms with Crippen LogP contribution in [0.5, 0.6) is 5.75 Å². The molecule has 0 saturated carbocycles. The van der Waals surface area contributed by atoms with Crippen molar-refractivity contribution < 1.29 is 9.84 Å². The second kappa shape index (κ2) is 4.40. The van der Waals surface area contributed by atoms with E-state index in [0.29, 0.717) is 6.42 Å². The van der Waals surface area contributed by atoms with Crippen LogP contribution in [0.3, 0.4) is 0 Å². The zero-order valence-corrected chi connectivity index (χ0v) is 11.5. The molecule has 0 radical (unpaired) electrons. The maximum atomic E-state index is 10.2. The van der Waals surface area contributed by atoms with Crippen LogP contribution in [0, 0.1) is 0 Å². The van der Waals surface area contributed by atoms with E-state index in [9.17, 15) is 5.11 Å². The Morgan fingerprint density at radius 3 is 3.06 bits per heavy atom. The molecular weight excluding hydrogens is 296 g/mol. The first-order valence-electron chi connectivity index (χ1n) is 5.76. The largest absolute Gasteiger partial charge is 0.485 e. The molecule has 1 aromatic carbocycles. The quantitative estimate of drug-likeness (QED) is 0.881. The van der Waals surface area contributed by atoms with Gasteiger partial charge in [-0.2, -0.15) is 5.10 Å². The van der Waals surface area contributed by atoms with E-state index in [4.69, 9.17) is 4.74 Å². The normalized spacial score (nSPS) is 22.4. The zero-order valence-electron chi connectivity index (χ0n) is 9.88. The highest BCUT2D eigenvalue weighted by atomic mass is 79.9. The number of fused-ring (bicyclic) bond motifs is 1. The molecule has 5 heteroatoms. The molecule has 1 aliphatic heterocycles. The van der Waals surface area contributed by atoms with Crippen molar-refractivity contribution in [1.82, 2.24) is 9.78 Å². The van der Waals surface area contributed by atoms with Crippen LogP contribution in [0.2, 0.25) is 0 Å². The van der Waals surface area contributed by atoms with Crippen molar-refractivity contribution in [2.45, 2.75) is 18.6 Å². The number of aliphatic hydroxyl groups excluding tert-OH is 1. The fourth-order valence-electron chi connectivity index (χ4n) is 2.23. The number of ether oxygens (including phenoxy) is 1. The van der Waals surface area contributed by atoms with Crippen molar-refractivity contribution in [2.75, 3.05) is 0 Å². The predicted molar refractivity (Wildman–Crippen MR) is 70.3 cm³/mol. The minimum absolute atomic E-state index is 0.137. The number of benzene rings is 1. The van der Waals surface area contributed by atoms with E-state index in [2.05, 4.69) is 21.0 Å². The SMILES string of the molecule is Cn1cc(C2C[C@@H](O)c3cc(Br)ccc3O2)cn1. The summed E-state index contributed by atoms with van der Waals surface area (Å²) in [5.74, 6) is 0.741. The van der Waals surface area contributed by atoms with Gasteiger partial charge in [-0.25, -0.2) is 0 Å². The van der Waals surface area contributed by atoms with E-state index in [1.165, 1.54) is 0 Å². The molecule has 1 N–H and O–H groups in total. The van der Waals surface area contributed by atoms with E-state index in [-0.39, 0.29) is 6.10 Å². The Balaban J connectivity index is 1.94. The topological polar surface area (TPSA) is 47.3 Å². The van der Waals surface area contributed by atoms with Gasteiger partial charge in [0.25, 0.3) is 0 Å². The van der Waals surface area contributed by atoms with Gasteiger partial charge in [-0.1, -0.05) is 15.9 Å². The molecule has 1 aliphatic rings. The highest BCUT2D eigenvalue weighted by Crippen LogP contribution is 2.41. The average molecular weight is 309 g/mol. The van der Waals surface area contributed by atoms with Gasteiger partial charge < -0.3 is 9.84 Å². The summed E-state index contributed by atoms with van der Waals surface area (Å²) in [5.41, 5.74) is 1.83. The molecule has 1 aromatic heterocycles. The lowest BCUT2D eigenvalue weighted by Gasteiger charge is -2.29. The van der Waals surface area contributed by atoms with Gasteiger partial charge >= 0.3 is 0 Å². The van der Waals surface area contributed by atoms with Gasteiger partial charge in [0.1, 0.15) is 11.9 Å². The van der Waals surface area contributed by atoms with E-state index in [1.54, 1.807) is 10.9 Å². The molecule has 94 valence electrons. The summed E-state index contributed by atoms with van der Waals surface area (Å²) in [6.45, 7) is 0. The van der Waals surface area contributed by atoms with Gasteiger partial charge in [0.05, 0.1) is 12.3 Å². The summed E-state index contributed by atoms with van der Waals surface area (Å²) in [4.78, 5) is 0. The molecule has 0 fully saturated rings. The molecule has 3 rings (SSSR count). The molecule has 4 nitrogen and oxygen atoms in total. The lowest BCUT2D eigenvalue weighted by Crippen LogP contribution is -2.18. The summed E-state index contributed by atoms with van der Waals surface area (Å²) in [6, 6.07) is 5.70. The maximum Gasteiger partial charge on any atom is 0.130 e. The Morgan fingerprint density at radius 1 is 1.50 bits per heavy atom. The fraction of sp³-hybridized carbons (Fsp3) is 0.308. The fourth-order valence-corrected chi connectivity index (χ4v) is 2.61. The van der Waals surface area contributed by atoms with Crippen LogP contribution in [-0.2, 0) is 7.05 Å². The van der Waals surface area contributed by atoms with Crippen LogP contribution in [0.25, 0.3) is 0 Å². The number of aliphatic hydroxyl groups is 1. The predicted octanol–water partition coefficient (Wildman–Crippen LogP) is 2.74. The summed E-state index contributed by atoms with van der Waals surface area (Å²) >= 11 is 3.40. The number of hydrogen-bond donors (Lipinski definition) is 1. The molecule has 18 heavy (non-hydrogen) atoms. The Hall–Kier alpha value is -1.33. The zero-order chi connectivity index (χ0) is 12.7. The molecule has 1 unspecified atom stereocenters. The summed E-state index contributed by atoms with van der Waals surface area (Å²) in [5, 5.41) is 14.3. The smallest absolute Gasteiger partial charge is 0.130 e. The highest BCUT2D eigenvalue weighted by Gasteiger charge is 2.28. The monoisotopic (exact) mass is 308 g/mol. The van der Waals surface area contributed by atoms with Crippen molar-refractivity contribution >= 4 is 15.9 Å². The Labute approximate surface area is 113 Å². The van der Waals surface area contributed by atoms with Crippen molar-refractivity contribution in [3.63, 3.8) is 0 Å². The summed E-state index contributed by atoms with van der Waals surface area (Å²) < 4.78 is 8.61. The number of rotatable bonds is 1. The second-order valence-electron chi connectivity index (χ2n) is 4.49. The lowest BCUT2D eigenvalue weighted by atomic mass is 9.96. The van der Waals surface area contributed by atoms with Crippen molar-refractivity contribution in [3.05, 3.63) is 46.2 Å². The Bertz CT molecular complexity index is 582. The third-order valence-electron chi connectivity index (χ3n) is 3.13. The number of nitrogens with zero attached hydrogens (tertiary/aromatic N) is 2. The van der Waals surface area contributed by atoms with Gasteiger partial charge in [0.15, 0.2) is 0 Å². The minimum Gasteiger partial charge on any atom is -0.485 e. The van der Waals surface area contributed by atoms with Crippen molar-refractivity contribution in [2.24, 2.45) is 7.05 Å². The Morgan fingerprint density at radius 2 is 2.33 bits per heavy atom. The third-order valence-corrected chi connectivity index (χ3v) is 3.63. The van der Waals surface area contributed by atoms with Crippen LogP contribution in [-0.4, -0.2) is 14.9 Å².